The first kappa shape index (κ1) is 18.0. The molecule has 4 nitrogen and oxygen atoms in total. The molecule has 0 aliphatic carbocycles. The minimum absolute atomic E-state index is 0.114. The lowest BCUT2D eigenvalue weighted by Gasteiger charge is -2.44. The first-order valence-corrected chi connectivity index (χ1v) is 8.73. The van der Waals surface area contributed by atoms with Gasteiger partial charge in [0.15, 0.2) is 0 Å². The highest BCUT2D eigenvalue weighted by Crippen LogP contribution is 2.33. The number of carbonyl (C=O) groups excluding carboxylic acids is 1. The predicted molar refractivity (Wildman–Crippen MR) is 89.5 cm³/mol. The number of alkyl halides is 1. The van der Waals surface area contributed by atoms with Crippen molar-refractivity contribution in [1.82, 2.24) is 4.90 Å². The first-order valence-electron chi connectivity index (χ1n) is 7.20. The number of halogens is 1. The fourth-order valence-electron chi connectivity index (χ4n) is 2.34. The van der Waals surface area contributed by atoms with E-state index in [-0.39, 0.29) is 17.3 Å². The van der Waals surface area contributed by atoms with Gasteiger partial charge in [-0.2, -0.15) is 0 Å². The van der Waals surface area contributed by atoms with Crippen LogP contribution in [0.15, 0.2) is 0 Å². The second-order valence-electron chi connectivity index (χ2n) is 7.50. The van der Waals surface area contributed by atoms with Crippen molar-refractivity contribution in [1.29, 1.82) is 0 Å². The summed E-state index contributed by atoms with van der Waals surface area (Å²) in [6.45, 7) is 13.3. The third kappa shape index (κ3) is 5.76. The van der Waals surface area contributed by atoms with E-state index >= 15 is 0 Å². The number of nitrogens with zero attached hydrogens (tertiary/aromatic N) is 1. The van der Waals surface area contributed by atoms with Crippen molar-refractivity contribution in [3.8, 4) is 0 Å². The molecule has 1 amide bonds. The third-order valence-electron chi connectivity index (χ3n) is 3.09. The Bertz CT molecular complexity index is 336. The summed E-state index contributed by atoms with van der Waals surface area (Å²) in [5.74, 6) is 0. The number of rotatable bonds is 2. The third-order valence-corrected chi connectivity index (χ3v) is 4.48. The van der Waals surface area contributed by atoms with Crippen LogP contribution in [0.3, 0.4) is 0 Å². The van der Waals surface area contributed by atoms with E-state index in [1.807, 2.05) is 20.8 Å². The number of carbonyl (C=O) groups is 1. The fraction of sp³-hybridized carbons (Fsp3) is 0.933. The van der Waals surface area contributed by atoms with Gasteiger partial charge in [0.25, 0.3) is 0 Å². The van der Waals surface area contributed by atoms with Gasteiger partial charge < -0.3 is 14.4 Å². The Kier molecular flexibility index (Phi) is 5.75. The molecule has 1 aliphatic rings. The van der Waals surface area contributed by atoms with Crippen molar-refractivity contribution in [2.24, 2.45) is 0 Å². The zero-order valence-corrected chi connectivity index (χ0v) is 15.7. The maximum atomic E-state index is 12.1. The van der Waals surface area contributed by atoms with Gasteiger partial charge in [-0.25, -0.2) is 4.79 Å². The van der Waals surface area contributed by atoms with Crippen LogP contribution in [0.4, 0.5) is 4.79 Å². The van der Waals surface area contributed by atoms with Crippen LogP contribution in [-0.4, -0.2) is 45.3 Å². The predicted octanol–water partition coefficient (Wildman–Crippen LogP) is 4.01. The minimum Gasteiger partial charge on any atom is -0.444 e. The molecule has 1 saturated heterocycles. The van der Waals surface area contributed by atoms with E-state index in [0.717, 1.165) is 17.3 Å². The second-order valence-corrected chi connectivity index (χ2v) is 8.26. The molecular formula is C15H28INO3. The molecular weight excluding hydrogens is 369 g/mol. The maximum absolute atomic E-state index is 12.1. The van der Waals surface area contributed by atoms with E-state index in [2.05, 4.69) is 43.4 Å². The highest BCUT2D eigenvalue weighted by atomic mass is 127. The standard InChI is InChI=1S/C15H28INO3/c1-13(2,3)19-12(18)17-9-7-15(11-16,8-10-17)20-14(4,5)6/h7-11H2,1-6H3. The van der Waals surface area contributed by atoms with Crippen molar-refractivity contribution in [2.75, 3.05) is 17.5 Å². The average Bonchev–Trinajstić information content (AvgIpc) is 2.25. The van der Waals surface area contributed by atoms with Crippen LogP contribution in [-0.2, 0) is 9.47 Å². The maximum Gasteiger partial charge on any atom is 0.410 e. The molecule has 0 atom stereocenters. The summed E-state index contributed by atoms with van der Waals surface area (Å²) in [6, 6.07) is 0. The highest BCUT2D eigenvalue weighted by molar-refractivity contribution is 14.1. The molecule has 20 heavy (non-hydrogen) atoms. The molecule has 0 N–H and O–H groups in total. The number of amides is 1. The zero-order chi connectivity index (χ0) is 15.6. The lowest BCUT2D eigenvalue weighted by Crippen LogP contribution is -2.52. The molecule has 0 aromatic heterocycles. The topological polar surface area (TPSA) is 38.8 Å². The molecule has 0 bridgehead atoms. The molecule has 0 aromatic carbocycles. The summed E-state index contributed by atoms with van der Waals surface area (Å²) in [4.78, 5) is 13.9. The molecule has 0 spiro atoms. The lowest BCUT2D eigenvalue weighted by molar-refractivity contribution is -0.139. The number of hydrogen-bond acceptors (Lipinski definition) is 3. The first-order chi connectivity index (χ1) is 8.96. The van der Waals surface area contributed by atoms with Gasteiger partial charge in [0, 0.05) is 17.5 Å². The van der Waals surface area contributed by atoms with Crippen molar-refractivity contribution in [3.05, 3.63) is 0 Å². The van der Waals surface area contributed by atoms with Gasteiger partial charge in [-0.1, -0.05) is 22.6 Å². The van der Waals surface area contributed by atoms with Crippen LogP contribution < -0.4 is 0 Å². The molecule has 118 valence electrons. The summed E-state index contributed by atoms with van der Waals surface area (Å²) in [5.41, 5.74) is -0.701. The molecule has 0 saturated carbocycles. The van der Waals surface area contributed by atoms with Crippen molar-refractivity contribution in [3.63, 3.8) is 0 Å². The smallest absolute Gasteiger partial charge is 0.410 e. The van der Waals surface area contributed by atoms with Crippen LogP contribution in [0.5, 0.6) is 0 Å². The van der Waals surface area contributed by atoms with Gasteiger partial charge >= 0.3 is 6.09 Å². The molecule has 1 rings (SSSR count). The quantitative estimate of drug-likeness (QED) is 0.522. The number of ether oxygens (including phenoxy) is 2. The van der Waals surface area contributed by atoms with Crippen LogP contribution >= 0.6 is 22.6 Å². The van der Waals surface area contributed by atoms with Crippen molar-refractivity contribution in [2.45, 2.75) is 71.2 Å². The van der Waals surface area contributed by atoms with E-state index in [1.165, 1.54) is 0 Å². The largest absolute Gasteiger partial charge is 0.444 e. The molecule has 0 unspecified atom stereocenters. The van der Waals surface area contributed by atoms with E-state index in [1.54, 1.807) is 4.90 Å². The molecule has 1 fully saturated rings. The van der Waals surface area contributed by atoms with Crippen molar-refractivity contribution >= 4 is 28.7 Å². The molecule has 5 heteroatoms. The fourth-order valence-corrected chi connectivity index (χ4v) is 3.25. The Balaban J connectivity index is 2.59. The van der Waals surface area contributed by atoms with Gasteiger partial charge in [0.1, 0.15) is 5.60 Å². The number of likely N-dealkylation sites (tertiary alicyclic amines) is 1. The molecule has 0 radical (unpaired) electrons. The van der Waals surface area contributed by atoms with Gasteiger partial charge in [-0.05, 0) is 54.4 Å². The van der Waals surface area contributed by atoms with E-state index in [9.17, 15) is 4.79 Å². The number of piperidine rings is 1. The van der Waals surface area contributed by atoms with Crippen LogP contribution in [0, 0.1) is 0 Å². The van der Waals surface area contributed by atoms with Gasteiger partial charge in [0.2, 0.25) is 0 Å². The second kappa shape index (κ2) is 6.38. The Hall–Kier alpha value is -0.0400. The number of hydrogen-bond donors (Lipinski definition) is 0. The molecule has 0 aromatic rings. The SMILES string of the molecule is CC(C)(C)OC(=O)N1CCC(CI)(OC(C)(C)C)CC1. The average molecular weight is 397 g/mol. The Morgan fingerprint density at radius 3 is 1.95 bits per heavy atom. The van der Waals surface area contributed by atoms with E-state index < -0.39 is 5.60 Å². The lowest BCUT2D eigenvalue weighted by atomic mass is 9.92. The highest BCUT2D eigenvalue weighted by Gasteiger charge is 2.39. The monoisotopic (exact) mass is 397 g/mol. The Labute approximate surface area is 136 Å². The molecule has 1 heterocycles. The summed E-state index contributed by atoms with van der Waals surface area (Å²) in [5, 5.41) is 0. The van der Waals surface area contributed by atoms with Gasteiger partial charge in [0.05, 0.1) is 11.2 Å². The summed E-state index contributed by atoms with van der Waals surface area (Å²) >= 11 is 2.39. The Morgan fingerprint density at radius 2 is 1.60 bits per heavy atom. The minimum atomic E-state index is -0.434. The van der Waals surface area contributed by atoms with Crippen LogP contribution in [0.2, 0.25) is 0 Å². The van der Waals surface area contributed by atoms with Gasteiger partial charge in [-0.15, -0.1) is 0 Å². The van der Waals surface area contributed by atoms with E-state index in [4.69, 9.17) is 9.47 Å². The molecule has 1 aliphatic heterocycles. The van der Waals surface area contributed by atoms with Gasteiger partial charge in [-0.3, -0.25) is 0 Å². The van der Waals surface area contributed by atoms with Crippen LogP contribution in [0.1, 0.15) is 54.4 Å². The normalized spacial score (nSPS) is 19.9. The zero-order valence-electron chi connectivity index (χ0n) is 13.6. The summed E-state index contributed by atoms with van der Waals surface area (Å²) in [7, 11) is 0. The summed E-state index contributed by atoms with van der Waals surface area (Å²) in [6.07, 6.45) is 1.52. The van der Waals surface area contributed by atoms with Crippen LogP contribution in [0.25, 0.3) is 0 Å². The van der Waals surface area contributed by atoms with Crippen molar-refractivity contribution < 1.29 is 14.3 Å². The van der Waals surface area contributed by atoms with E-state index in [0.29, 0.717) is 13.1 Å². The summed E-state index contributed by atoms with van der Waals surface area (Å²) < 4.78 is 12.6. The Morgan fingerprint density at radius 1 is 1.10 bits per heavy atom.